The quantitative estimate of drug-likeness (QED) is 0.775. The molecule has 1 aromatic carbocycles. The van der Waals surface area contributed by atoms with Crippen molar-refractivity contribution in [2.45, 2.75) is 24.8 Å². The van der Waals surface area contributed by atoms with Gasteiger partial charge in [0.2, 0.25) is 10.0 Å². The number of benzene rings is 1. The summed E-state index contributed by atoms with van der Waals surface area (Å²) in [5.41, 5.74) is 5.89. The van der Waals surface area contributed by atoms with Gasteiger partial charge in [0.15, 0.2) is 0 Å². The third-order valence-electron chi connectivity index (χ3n) is 2.28. The van der Waals surface area contributed by atoms with Crippen molar-refractivity contribution in [3.63, 3.8) is 0 Å². The van der Waals surface area contributed by atoms with E-state index in [1.807, 2.05) is 6.92 Å². The van der Waals surface area contributed by atoms with Gasteiger partial charge >= 0.3 is 0 Å². The molecule has 0 aliphatic carbocycles. The molecular formula is C11H17BrN2O3S. The third-order valence-corrected chi connectivity index (χ3v) is 4.25. The number of nitrogens with one attached hydrogen (secondary N) is 1. The summed E-state index contributed by atoms with van der Waals surface area (Å²) in [4.78, 5) is 0.0700. The molecule has 1 aromatic rings. The van der Waals surface area contributed by atoms with Gasteiger partial charge < -0.3 is 10.5 Å². The van der Waals surface area contributed by atoms with Crippen LogP contribution in [0.15, 0.2) is 27.6 Å². The van der Waals surface area contributed by atoms with Gasteiger partial charge in [-0.05, 0) is 32.0 Å². The average Bonchev–Trinajstić information content (AvgIpc) is 2.30. The highest BCUT2D eigenvalue weighted by molar-refractivity contribution is 9.10. The van der Waals surface area contributed by atoms with Crippen LogP contribution in [0.1, 0.15) is 13.8 Å². The van der Waals surface area contributed by atoms with Crippen LogP contribution in [0.4, 0.5) is 5.69 Å². The van der Waals surface area contributed by atoms with Crippen molar-refractivity contribution in [1.82, 2.24) is 4.72 Å². The third kappa shape index (κ3) is 4.24. The first kappa shape index (κ1) is 15.4. The van der Waals surface area contributed by atoms with Gasteiger partial charge in [-0.15, -0.1) is 0 Å². The second-order valence-corrected chi connectivity index (χ2v) is 6.45. The van der Waals surface area contributed by atoms with E-state index in [2.05, 4.69) is 20.7 Å². The minimum atomic E-state index is -3.61. The summed E-state index contributed by atoms with van der Waals surface area (Å²) < 4.78 is 32.5. The minimum Gasteiger partial charge on any atom is -0.398 e. The Morgan fingerprint density at radius 2 is 2.17 bits per heavy atom. The first-order valence-corrected chi connectivity index (χ1v) is 7.80. The molecule has 3 N–H and O–H groups in total. The Labute approximate surface area is 116 Å². The van der Waals surface area contributed by atoms with E-state index >= 15 is 0 Å². The standard InChI is InChI=1S/C11H17BrN2O3S/c1-3-17-8(2)7-14-18(15,16)11-6-9(12)4-5-10(11)13/h4-6,8,14H,3,7,13H2,1-2H3. The van der Waals surface area contributed by atoms with Gasteiger partial charge in [-0.2, -0.15) is 0 Å². The van der Waals surface area contributed by atoms with E-state index in [9.17, 15) is 8.42 Å². The topological polar surface area (TPSA) is 81.4 Å². The monoisotopic (exact) mass is 336 g/mol. The first-order valence-electron chi connectivity index (χ1n) is 5.53. The van der Waals surface area contributed by atoms with Crippen molar-refractivity contribution in [3.05, 3.63) is 22.7 Å². The number of nitrogen functional groups attached to an aromatic ring is 1. The lowest BCUT2D eigenvalue weighted by molar-refractivity contribution is 0.0799. The van der Waals surface area contributed by atoms with Gasteiger partial charge in [0.05, 0.1) is 11.8 Å². The minimum absolute atomic E-state index is 0.0700. The Morgan fingerprint density at radius 1 is 1.50 bits per heavy atom. The number of hydrogen-bond donors (Lipinski definition) is 2. The molecule has 0 aromatic heterocycles. The Balaban J connectivity index is 2.83. The molecule has 0 fully saturated rings. The Hall–Kier alpha value is -0.630. The highest BCUT2D eigenvalue weighted by Crippen LogP contribution is 2.22. The number of ether oxygens (including phenoxy) is 1. The van der Waals surface area contributed by atoms with Crippen LogP contribution in [0.2, 0.25) is 0 Å². The average molecular weight is 337 g/mol. The molecule has 0 saturated carbocycles. The molecular weight excluding hydrogens is 320 g/mol. The summed E-state index contributed by atoms with van der Waals surface area (Å²) >= 11 is 3.22. The summed E-state index contributed by atoms with van der Waals surface area (Å²) in [6.45, 7) is 4.41. The van der Waals surface area contributed by atoms with E-state index in [4.69, 9.17) is 10.5 Å². The van der Waals surface area contributed by atoms with Gasteiger partial charge in [-0.25, -0.2) is 13.1 Å². The van der Waals surface area contributed by atoms with Crippen molar-refractivity contribution in [3.8, 4) is 0 Å². The molecule has 0 heterocycles. The Kier molecular flexibility index (Phi) is 5.58. The zero-order chi connectivity index (χ0) is 13.8. The summed E-state index contributed by atoms with van der Waals surface area (Å²) in [6, 6.07) is 4.71. The highest BCUT2D eigenvalue weighted by Gasteiger charge is 2.18. The van der Waals surface area contributed by atoms with Crippen molar-refractivity contribution in [2.24, 2.45) is 0 Å². The molecule has 1 unspecified atom stereocenters. The van der Waals surface area contributed by atoms with Crippen molar-refractivity contribution >= 4 is 31.6 Å². The molecule has 1 rings (SSSR count). The van der Waals surface area contributed by atoms with Gasteiger partial charge in [0.25, 0.3) is 0 Å². The smallest absolute Gasteiger partial charge is 0.242 e. The van der Waals surface area contributed by atoms with Crippen LogP contribution in [0, 0.1) is 0 Å². The highest BCUT2D eigenvalue weighted by atomic mass is 79.9. The SMILES string of the molecule is CCOC(C)CNS(=O)(=O)c1cc(Br)ccc1N. The molecule has 0 aliphatic heterocycles. The maximum atomic E-state index is 12.0. The van der Waals surface area contributed by atoms with Crippen molar-refractivity contribution < 1.29 is 13.2 Å². The first-order chi connectivity index (χ1) is 8.36. The predicted octanol–water partition coefficient (Wildman–Crippen LogP) is 1.73. The lowest BCUT2D eigenvalue weighted by atomic mass is 10.3. The van der Waals surface area contributed by atoms with E-state index in [1.54, 1.807) is 19.1 Å². The summed E-state index contributed by atoms with van der Waals surface area (Å²) in [6.07, 6.45) is -0.182. The van der Waals surface area contributed by atoms with Crippen LogP contribution in [0.5, 0.6) is 0 Å². The van der Waals surface area contributed by atoms with Crippen LogP contribution >= 0.6 is 15.9 Å². The van der Waals surface area contributed by atoms with Crippen molar-refractivity contribution in [2.75, 3.05) is 18.9 Å². The molecule has 0 radical (unpaired) electrons. The number of nitrogens with two attached hydrogens (primary N) is 1. The normalized spacial score (nSPS) is 13.5. The maximum absolute atomic E-state index is 12.0. The molecule has 1 atom stereocenters. The Bertz CT molecular complexity index is 505. The number of anilines is 1. The zero-order valence-electron chi connectivity index (χ0n) is 10.3. The van der Waals surface area contributed by atoms with Crippen LogP contribution in [-0.2, 0) is 14.8 Å². The van der Waals surface area contributed by atoms with Crippen molar-refractivity contribution in [1.29, 1.82) is 0 Å². The molecule has 102 valence electrons. The summed E-state index contributed by atoms with van der Waals surface area (Å²) in [7, 11) is -3.61. The predicted molar refractivity (Wildman–Crippen MR) is 74.8 cm³/mol. The molecule has 0 aliphatic rings. The van der Waals surface area contributed by atoms with E-state index in [-0.39, 0.29) is 23.2 Å². The van der Waals surface area contributed by atoms with E-state index in [1.165, 1.54) is 6.07 Å². The molecule has 0 amide bonds. The molecule has 5 nitrogen and oxygen atoms in total. The fourth-order valence-electron chi connectivity index (χ4n) is 1.39. The Morgan fingerprint density at radius 3 is 2.78 bits per heavy atom. The summed E-state index contributed by atoms with van der Waals surface area (Å²) in [5.74, 6) is 0. The van der Waals surface area contributed by atoms with Crippen LogP contribution in [-0.4, -0.2) is 27.7 Å². The number of sulfonamides is 1. The van der Waals surface area contributed by atoms with E-state index < -0.39 is 10.0 Å². The van der Waals surface area contributed by atoms with Gasteiger partial charge in [0.1, 0.15) is 4.90 Å². The lowest BCUT2D eigenvalue weighted by Crippen LogP contribution is -2.32. The number of hydrogen-bond acceptors (Lipinski definition) is 4. The van der Waals surface area contributed by atoms with Gasteiger partial charge in [-0.3, -0.25) is 0 Å². The van der Waals surface area contributed by atoms with Crippen LogP contribution in [0.25, 0.3) is 0 Å². The van der Waals surface area contributed by atoms with Crippen LogP contribution in [0.3, 0.4) is 0 Å². The van der Waals surface area contributed by atoms with Gasteiger partial charge in [-0.1, -0.05) is 15.9 Å². The molecule has 0 bridgehead atoms. The fourth-order valence-corrected chi connectivity index (χ4v) is 3.17. The molecule has 18 heavy (non-hydrogen) atoms. The van der Waals surface area contributed by atoms with E-state index in [0.29, 0.717) is 11.1 Å². The zero-order valence-corrected chi connectivity index (χ0v) is 12.7. The summed E-state index contributed by atoms with van der Waals surface area (Å²) in [5, 5.41) is 0. The molecule has 0 saturated heterocycles. The number of rotatable bonds is 6. The second-order valence-electron chi connectivity index (χ2n) is 3.80. The van der Waals surface area contributed by atoms with E-state index in [0.717, 1.165) is 0 Å². The fraction of sp³-hybridized carbons (Fsp3) is 0.455. The van der Waals surface area contributed by atoms with Gasteiger partial charge in [0, 0.05) is 17.6 Å². The second kappa shape index (κ2) is 6.51. The molecule has 7 heteroatoms. The van der Waals surface area contributed by atoms with Crippen LogP contribution < -0.4 is 10.5 Å². The maximum Gasteiger partial charge on any atom is 0.242 e. The number of halogens is 1. The largest absolute Gasteiger partial charge is 0.398 e. The lowest BCUT2D eigenvalue weighted by Gasteiger charge is -2.14. The molecule has 0 spiro atoms.